The van der Waals surface area contributed by atoms with E-state index in [9.17, 15) is 14.4 Å². The Labute approximate surface area is 172 Å². The number of carbonyl (C=O) groups excluding carboxylic acids is 1. The highest BCUT2D eigenvalue weighted by Gasteiger charge is 2.24. The highest BCUT2D eigenvalue weighted by molar-refractivity contribution is 7.99. The van der Waals surface area contributed by atoms with E-state index in [0.29, 0.717) is 24.5 Å². The van der Waals surface area contributed by atoms with Crippen LogP contribution in [0, 0.1) is 13.8 Å². The fourth-order valence-electron chi connectivity index (χ4n) is 2.85. The molecular formula is C18H27N5O5S. The summed E-state index contributed by atoms with van der Waals surface area (Å²) in [5.41, 5.74) is 6.52. The molecule has 0 aliphatic carbocycles. The molecule has 2 aromatic heterocycles. The second-order valence-electron chi connectivity index (χ2n) is 6.48. The largest absolute Gasteiger partial charge is 0.383 e. The number of hydrogen-bond donors (Lipinski definition) is 2. The van der Waals surface area contributed by atoms with Crippen LogP contribution >= 0.6 is 11.8 Å². The normalized spacial score (nSPS) is 11.0. The van der Waals surface area contributed by atoms with Crippen molar-refractivity contribution in [3.63, 3.8) is 0 Å². The molecule has 0 radical (unpaired) electrons. The first-order chi connectivity index (χ1) is 13.8. The van der Waals surface area contributed by atoms with Crippen LogP contribution in [-0.2, 0) is 21.8 Å². The Hall–Kier alpha value is -2.53. The molecule has 0 saturated heterocycles. The zero-order valence-corrected chi connectivity index (χ0v) is 17.9. The Balaban J connectivity index is 2.27. The van der Waals surface area contributed by atoms with Crippen molar-refractivity contribution in [3.05, 3.63) is 37.9 Å². The Kier molecular flexibility index (Phi) is 8.09. The third kappa shape index (κ3) is 5.30. The lowest BCUT2D eigenvalue weighted by molar-refractivity contribution is -0.116. The molecule has 10 nitrogen and oxygen atoms in total. The van der Waals surface area contributed by atoms with Crippen LogP contribution in [0.5, 0.6) is 0 Å². The minimum absolute atomic E-state index is 0.0271. The van der Waals surface area contributed by atoms with Gasteiger partial charge in [-0.1, -0.05) is 12.1 Å². The number of aryl methyl sites for hydroxylation is 2. The first kappa shape index (κ1) is 22.8. The lowest BCUT2D eigenvalue weighted by Gasteiger charge is -2.24. The van der Waals surface area contributed by atoms with Crippen LogP contribution in [0.3, 0.4) is 0 Å². The van der Waals surface area contributed by atoms with Crippen LogP contribution in [0.15, 0.2) is 14.1 Å². The van der Waals surface area contributed by atoms with Crippen molar-refractivity contribution in [1.82, 2.24) is 14.7 Å². The van der Waals surface area contributed by atoms with Crippen molar-refractivity contribution in [2.45, 2.75) is 39.5 Å². The van der Waals surface area contributed by atoms with E-state index in [0.717, 1.165) is 11.3 Å². The average molecular weight is 426 g/mol. The van der Waals surface area contributed by atoms with Crippen molar-refractivity contribution in [2.24, 2.45) is 0 Å². The van der Waals surface area contributed by atoms with Crippen molar-refractivity contribution >= 4 is 29.2 Å². The molecule has 0 fully saturated rings. The summed E-state index contributed by atoms with van der Waals surface area (Å²) in [6, 6.07) is 0. The van der Waals surface area contributed by atoms with Gasteiger partial charge in [0.05, 0.1) is 18.1 Å². The van der Waals surface area contributed by atoms with Crippen molar-refractivity contribution < 1.29 is 14.1 Å². The smallest absolute Gasteiger partial charge is 0.330 e. The second-order valence-corrected chi connectivity index (χ2v) is 7.46. The van der Waals surface area contributed by atoms with E-state index in [1.807, 2.05) is 20.8 Å². The van der Waals surface area contributed by atoms with Crippen LogP contribution in [0.4, 0.5) is 11.5 Å². The van der Waals surface area contributed by atoms with E-state index in [1.165, 1.54) is 28.3 Å². The van der Waals surface area contributed by atoms with Crippen LogP contribution in [0.25, 0.3) is 0 Å². The van der Waals surface area contributed by atoms with E-state index in [-0.39, 0.29) is 36.3 Å². The summed E-state index contributed by atoms with van der Waals surface area (Å²) >= 11 is 1.38. The summed E-state index contributed by atoms with van der Waals surface area (Å²) in [6.07, 6.45) is 0.648. The summed E-state index contributed by atoms with van der Waals surface area (Å²) in [4.78, 5) is 41.0. The van der Waals surface area contributed by atoms with Gasteiger partial charge in [0.2, 0.25) is 5.91 Å². The molecule has 0 bridgehead atoms. The first-order valence-corrected chi connectivity index (χ1v) is 10.4. The minimum atomic E-state index is -0.694. The quantitative estimate of drug-likeness (QED) is 0.576. The molecular weight excluding hydrogens is 398 g/mol. The van der Waals surface area contributed by atoms with Crippen molar-refractivity contribution in [2.75, 3.05) is 36.6 Å². The van der Waals surface area contributed by atoms with E-state index in [1.54, 1.807) is 0 Å². The Morgan fingerprint density at radius 2 is 2.10 bits per heavy atom. The maximum atomic E-state index is 12.9. The van der Waals surface area contributed by atoms with Gasteiger partial charge in [-0.3, -0.25) is 19.1 Å². The van der Waals surface area contributed by atoms with Gasteiger partial charge >= 0.3 is 5.69 Å². The molecule has 0 aliphatic rings. The summed E-state index contributed by atoms with van der Waals surface area (Å²) in [6.45, 7) is 6.23. The molecule has 2 aromatic rings. The van der Waals surface area contributed by atoms with Crippen LogP contribution in [-0.4, -0.2) is 46.6 Å². The molecule has 0 spiro atoms. The summed E-state index contributed by atoms with van der Waals surface area (Å²) in [5, 5.41) is 3.90. The number of ether oxygens (including phenoxy) is 1. The number of nitrogens with zero attached hydrogens (tertiary/aromatic N) is 3. The molecule has 29 heavy (non-hydrogen) atoms. The number of carbonyl (C=O) groups is 1. The van der Waals surface area contributed by atoms with Gasteiger partial charge in [-0.05, 0) is 20.3 Å². The third-order valence-corrected chi connectivity index (χ3v) is 5.35. The van der Waals surface area contributed by atoms with Gasteiger partial charge in [0.15, 0.2) is 5.69 Å². The van der Waals surface area contributed by atoms with Crippen LogP contribution < -0.4 is 21.9 Å². The number of anilines is 2. The van der Waals surface area contributed by atoms with Gasteiger partial charge in [0.25, 0.3) is 5.56 Å². The number of nitrogens with one attached hydrogen (secondary N) is 1. The molecule has 3 N–H and O–H groups in total. The second kappa shape index (κ2) is 10.3. The van der Waals surface area contributed by atoms with Crippen LogP contribution in [0.2, 0.25) is 0 Å². The number of nitrogen functional groups attached to an aromatic ring is 1. The molecule has 2 heterocycles. The first-order valence-electron chi connectivity index (χ1n) is 9.23. The number of aromatic amines is 1. The van der Waals surface area contributed by atoms with Crippen molar-refractivity contribution in [3.8, 4) is 0 Å². The van der Waals surface area contributed by atoms with E-state index in [2.05, 4.69) is 10.1 Å². The molecule has 1 amide bonds. The molecule has 0 unspecified atom stereocenters. The Bertz CT molecular complexity index is 945. The number of aromatic nitrogens is 3. The SMILES string of the molecule is CCCn1c(N)c(N(CCOC)C(=O)CSCc2c(C)noc2C)c(=O)[nH]c1=O. The number of hydrogen-bond acceptors (Lipinski definition) is 8. The van der Waals surface area contributed by atoms with Crippen LogP contribution in [0.1, 0.15) is 30.4 Å². The third-order valence-electron chi connectivity index (χ3n) is 4.40. The summed E-state index contributed by atoms with van der Waals surface area (Å²) in [7, 11) is 1.50. The predicted molar refractivity (Wildman–Crippen MR) is 112 cm³/mol. The molecule has 0 aliphatic heterocycles. The fraction of sp³-hybridized carbons (Fsp3) is 0.556. The number of rotatable bonds is 10. The monoisotopic (exact) mass is 425 g/mol. The molecule has 11 heteroatoms. The lowest BCUT2D eigenvalue weighted by atomic mass is 10.2. The molecule has 160 valence electrons. The van der Waals surface area contributed by atoms with E-state index in [4.69, 9.17) is 15.0 Å². The molecule has 2 rings (SSSR count). The van der Waals surface area contributed by atoms with Gasteiger partial charge in [-0.2, -0.15) is 0 Å². The Morgan fingerprint density at radius 1 is 1.38 bits per heavy atom. The maximum absolute atomic E-state index is 12.9. The number of H-pyrrole nitrogens is 1. The van der Waals surface area contributed by atoms with Gasteiger partial charge in [-0.15, -0.1) is 11.8 Å². The van der Waals surface area contributed by atoms with Crippen molar-refractivity contribution in [1.29, 1.82) is 0 Å². The maximum Gasteiger partial charge on any atom is 0.330 e. The highest BCUT2D eigenvalue weighted by atomic mass is 32.2. The Morgan fingerprint density at radius 3 is 2.69 bits per heavy atom. The standard InChI is InChI=1S/C18H27N5O5S/c1-5-6-23-16(19)15(17(25)20-18(23)26)22(7-8-27-4)14(24)10-29-9-13-11(2)21-28-12(13)3/h5-10,19H2,1-4H3,(H,20,25,26). The van der Waals surface area contributed by atoms with Gasteiger partial charge in [0, 0.05) is 31.5 Å². The van der Waals surface area contributed by atoms with Gasteiger partial charge in [-0.25, -0.2) is 4.79 Å². The fourth-order valence-corrected chi connectivity index (χ4v) is 3.90. The number of nitrogens with two attached hydrogens (primary N) is 1. The minimum Gasteiger partial charge on any atom is -0.383 e. The molecule has 0 saturated carbocycles. The lowest BCUT2D eigenvalue weighted by Crippen LogP contribution is -2.43. The number of methoxy groups -OCH3 is 1. The molecule has 0 aromatic carbocycles. The van der Waals surface area contributed by atoms with Gasteiger partial charge < -0.3 is 19.9 Å². The average Bonchev–Trinajstić information content (AvgIpc) is 2.99. The van der Waals surface area contributed by atoms with E-state index >= 15 is 0 Å². The summed E-state index contributed by atoms with van der Waals surface area (Å²) < 4.78 is 11.5. The topological polar surface area (TPSA) is 136 Å². The molecule has 0 atom stereocenters. The number of thioether (sulfide) groups is 1. The summed E-state index contributed by atoms with van der Waals surface area (Å²) in [5.74, 6) is 1.04. The zero-order chi connectivity index (χ0) is 21.6. The zero-order valence-electron chi connectivity index (χ0n) is 17.1. The van der Waals surface area contributed by atoms with Gasteiger partial charge in [0.1, 0.15) is 11.6 Å². The number of amides is 1. The van der Waals surface area contributed by atoms with E-state index < -0.39 is 11.2 Å². The highest BCUT2D eigenvalue weighted by Crippen LogP contribution is 2.22. The predicted octanol–water partition coefficient (Wildman–Crippen LogP) is 1.05.